The van der Waals surface area contributed by atoms with E-state index in [1.54, 1.807) is 12.4 Å². The number of nitrogens with one attached hydrogen (secondary N) is 5. The van der Waals surface area contributed by atoms with E-state index in [0.717, 1.165) is 10.9 Å². The van der Waals surface area contributed by atoms with E-state index >= 15 is 0 Å². The van der Waals surface area contributed by atoms with Crippen molar-refractivity contribution < 1.29 is 34.2 Å². The first kappa shape index (κ1) is 32.1. The minimum absolute atomic E-state index is 0.00457. The number of fused-ring (bicyclic) bond motifs is 1. The maximum absolute atomic E-state index is 13.5. The molecule has 0 radical (unpaired) electrons. The zero-order chi connectivity index (χ0) is 30.6. The Labute approximate surface area is 245 Å². The van der Waals surface area contributed by atoms with Gasteiger partial charge in [0.05, 0.1) is 12.4 Å². The Bertz CT molecular complexity index is 1380. The lowest BCUT2D eigenvalue weighted by atomic mass is 10.0. The summed E-state index contributed by atoms with van der Waals surface area (Å²) in [4.78, 5) is 72.3. The second-order valence-corrected chi connectivity index (χ2v) is 10.7. The highest BCUT2D eigenvalue weighted by Gasteiger charge is 2.31. The number of nitrogens with zero attached hydrogens (tertiary/aromatic N) is 1. The van der Waals surface area contributed by atoms with Crippen molar-refractivity contribution in [3.8, 4) is 0 Å². The second kappa shape index (κ2) is 15.6. The fourth-order valence-corrected chi connectivity index (χ4v) is 4.78. The molecule has 3 amide bonds. The molecule has 0 aliphatic carbocycles. The van der Waals surface area contributed by atoms with Crippen molar-refractivity contribution in [2.45, 2.75) is 56.3 Å². The Morgan fingerprint density at radius 3 is 2.29 bits per heavy atom. The molecule has 14 nitrogen and oxygen atoms in total. The fourth-order valence-electron chi connectivity index (χ4n) is 4.31. The first-order valence-electron chi connectivity index (χ1n) is 13.2. The molecule has 2 aromatic heterocycles. The highest BCUT2D eigenvalue weighted by molar-refractivity contribution is 7.98. The maximum atomic E-state index is 13.5. The van der Waals surface area contributed by atoms with Crippen LogP contribution in [0.5, 0.6) is 0 Å². The second-order valence-electron chi connectivity index (χ2n) is 9.69. The largest absolute Gasteiger partial charge is 0.481 e. The van der Waals surface area contributed by atoms with Crippen LogP contribution in [0.3, 0.4) is 0 Å². The predicted molar refractivity (Wildman–Crippen MR) is 156 cm³/mol. The molecule has 0 bridgehead atoms. The lowest BCUT2D eigenvalue weighted by molar-refractivity contribution is -0.143. The van der Waals surface area contributed by atoms with E-state index in [4.69, 9.17) is 10.8 Å². The van der Waals surface area contributed by atoms with Gasteiger partial charge >= 0.3 is 11.9 Å². The minimum atomic E-state index is -1.48. The van der Waals surface area contributed by atoms with E-state index < -0.39 is 60.2 Å². The SMILES string of the molecule is CSCCC(NC(=O)C(N)Cc1cnc[nH]1)C(=O)NC(Cc1c[nH]c2ccccc12)C(=O)NC(CCC(=O)O)C(=O)O. The highest BCUT2D eigenvalue weighted by atomic mass is 32.2. The number of H-pyrrole nitrogens is 2. The van der Waals surface area contributed by atoms with Crippen LogP contribution in [-0.2, 0) is 36.8 Å². The van der Waals surface area contributed by atoms with E-state index in [9.17, 15) is 29.1 Å². The maximum Gasteiger partial charge on any atom is 0.326 e. The van der Waals surface area contributed by atoms with E-state index in [1.807, 2.05) is 30.5 Å². The third-order valence-corrected chi connectivity index (χ3v) is 7.21. The van der Waals surface area contributed by atoms with Gasteiger partial charge in [-0.1, -0.05) is 18.2 Å². The number of benzene rings is 1. The van der Waals surface area contributed by atoms with Gasteiger partial charge in [-0.2, -0.15) is 11.8 Å². The number of thioether (sulfide) groups is 1. The number of aliphatic carboxylic acids is 2. The number of carboxylic acid groups (broad SMARTS) is 2. The third kappa shape index (κ3) is 9.34. The standard InChI is InChI=1S/C27H35N7O7S/c1-42-9-8-20(32-24(37)18(28)11-16-13-29-14-31-16)25(38)34-22(10-15-12-30-19-5-3-2-4-17(15)19)26(39)33-21(27(40)41)6-7-23(35)36/h2-5,12-14,18,20-22,30H,6-11,28H2,1H3,(H,29,31)(H,32,37)(H,33,39)(H,34,38)(H,35,36)(H,40,41). The summed E-state index contributed by atoms with van der Waals surface area (Å²) < 4.78 is 0. The number of carboxylic acids is 2. The van der Waals surface area contributed by atoms with Crippen molar-refractivity contribution in [3.63, 3.8) is 0 Å². The van der Waals surface area contributed by atoms with E-state index in [2.05, 4.69) is 30.9 Å². The first-order chi connectivity index (χ1) is 20.1. The zero-order valence-electron chi connectivity index (χ0n) is 23.0. The predicted octanol–water partition coefficient (Wildman–Crippen LogP) is 0.160. The monoisotopic (exact) mass is 601 g/mol. The van der Waals surface area contributed by atoms with Gasteiger partial charge in [0, 0.05) is 48.3 Å². The lowest BCUT2D eigenvalue weighted by Gasteiger charge is -2.25. The molecule has 9 N–H and O–H groups in total. The Hall–Kier alpha value is -4.37. The van der Waals surface area contributed by atoms with Crippen LogP contribution >= 0.6 is 11.8 Å². The smallest absolute Gasteiger partial charge is 0.326 e. The van der Waals surface area contributed by atoms with Gasteiger partial charge in [-0.05, 0) is 36.5 Å². The molecule has 0 saturated heterocycles. The van der Waals surface area contributed by atoms with Gasteiger partial charge in [0.25, 0.3) is 0 Å². The average molecular weight is 602 g/mol. The summed E-state index contributed by atoms with van der Waals surface area (Å²) in [5.41, 5.74) is 8.19. The summed E-state index contributed by atoms with van der Waals surface area (Å²) in [7, 11) is 0. The molecule has 226 valence electrons. The van der Waals surface area contributed by atoms with Crippen LogP contribution in [-0.4, -0.2) is 91.0 Å². The van der Waals surface area contributed by atoms with Gasteiger partial charge in [-0.3, -0.25) is 19.2 Å². The molecule has 4 unspecified atom stereocenters. The van der Waals surface area contributed by atoms with Crippen LogP contribution in [0.4, 0.5) is 0 Å². The molecule has 2 heterocycles. The Morgan fingerprint density at radius 1 is 0.929 bits per heavy atom. The highest BCUT2D eigenvalue weighted by Crippen LogP contribution is 2.19. The van der Waals surface area contributed by atoms with Crippen LogP contribution < -0.4 is 21.7 Å². The number of nitrogens with two attached hydrogens (primary N) is 1. The number of carbonyl (C=O) groups excluding carboxylic acids is 3. The van der Waals surface area contributed by atoms with Crippen molar-refractivity contribution in [3.05, 3.63) is 54.2 Å². The van der Waals surface area contributed by atoms with Crippen molar-refractivity contribution in [2.75, 3.05) is 12.0 Å². The summed E-state index contributed by atoms with van der Waals surface area (Å²) in [6, 6.07) is 2.63. The van der Waals surface area contributed by atoms with E-state index in [-0.39, 0.29) is 25.7 Å². The number of aromatic amines is 2. The van der Waals surface area contributed by atoms with Crippen LogP contribution in [0.25, 0.3) is 10.9 Å². The molecule has 4 atom stereocenters. The summed E-state index contributed by atoms with van der Waals surface area (Å²) in [5, 5.41) is 27.0. The lowest BCUT2D eigenvalue weighted by Crippen LogP contribution is -2.58. The molecule has 42 heavy (non-hydrogen) atoms. The number of rotatable bonds is 17. The van der Waals surface area contributed by atoms with Gasteiger partial charge in [0.1, 0.15) is 18.1 Å². The van der Waals surface area contributed by atoms with Gasteiger partial charge in [-0.15, -0.1) is 0 Å². The van der Waals surface area contributed by atoms with Crippen molar-refractivity contribution in [1.29, 1.82) is 0 Å². The molecule has 15 heteroatoms. The van der Waals surface area contributed by atoms with Crippen molar-refractivity contribution in [1.82, 2.24) is 30.9 Å². The normalized spacial score (nSPS) is 14.0. The number of para-hydroxylation sites is 1. The average Bonchev–Trinajstić information content (AvgIpc) is 3.62. The molecular weight excluding hydrogens is 566 g/mol. The number of carbonyl (C=O) groups is 5. The number of amides is 3. The summed E-state index contributed by atoms with van der Waals surface area (Å²) in [6.45, 7) is 0. The zero-order valence-corrected chi connectivity index (χ0v) is 23.8. The van der Waals surface area contributed by atoms with Crippen molar-refractivity contribution in [2.24, 2.45) is 5.73 Å². The summed E-state index contributed by atoms with van der Waals surface area (Å²) in [5.74, 6) is -4.12. The third-order valence-electron chi connectivity index (χ3n) is 6.57. The summed E-state index contributed by atoms with van der Waals surface area (Å²) >= 11 is 1.46. The molecule has 0 aliphatic rings. The Morgan fingerprint density at radius 2 is 1.62 bits per heavy atom. The Balaban J connectivity index is 1.81. The minimum Gasteiger partial charge on any atom is -0.481 e. The van der Waals surface area contributed by atoms with E-state index in [1.165, 1.54) is 18.1 Å². The number of hydrogen-bond acceptors (Lipinski definition) is 8. The fraction of sp³-hybridized carbons (Fsp3) is 0.407. The van der Waals surface area contributed by atoms with E-state index in [0.29, 0.717) is 17.0 Å². The van der Waals surface area contributed by atoms with Gasteiger partial charge in [0.2, 0.25) is 17.7 Å². The molecule has 0 saturated carbocycles. The van der Waals surface area contributed by atoms with Crippen molar-refractivity contribution >= 4 is 52.3 Å². The van der Waals surface area contributed by atoms with Crippen LogP contribution in [0.2, 0.25) is 0 Å². The molecule has 3 rings (SSSR count). The van der Waals surface area contributed by atoms with Gasteiger partial charge in [-0.25, -0.2) is 9.78 Å². The Kier molecular flexibility index (Phi) is 11.9. The van der Waals surface area contributed by atoms with Gasteiger partial charge < -0.3 is 41.9 Å². The summed E-state index contributed by atoms with van der Waals surface area (Å²) in [6.07, 6.45) is 6.13. The van der Waals surface area contributed by atoms with Crippen LogP contribution in [0, 0.1) is 0 Å². The number of hydrogen-bond donors (Lipinski definition) is 8. The molecule has 1 aromatic carbocycles. The first-order valence-corrected chi connectivity index (χ1v) is 14.6. The molecule has 0 spiro atoms. The molecule has 3 aromatic rings. The molecular formula is C27H35N7O7S. The van der Waals surface area contributed by atoms with Crippen LogP contribution in [0.15, 0.2) is 43.0 Å². The topological polar surface area (TPSA) is 232 Å². The van der Waals surface area contributed by atoms with Gasteiger partial charge in [0.15, 0.2) is 0 Å². The number of aromatic nitrogens is 3. The quantitative estimate of drug-likeness (QED) is 0.104. The molecule has 0 aliphatic heterocycles. The van der Waals surface area contributed by atoms with Crippen LogP contribution in [0.1, 0.15) is 30.5 Å². The molecule has 0 fully saturated rings. The number of imidazole rings is 1.